The molecular weight excluding hydrogens is 217 g/mol. The molecule has 0 spiro atoms. The normalized spacial score (nSPS) is 8.00. The largest absolute Gasteiger partial charge is 0.343 e. The predicted octanol–water partition coefficient (Wildman–Crippen LogP) is 1.87. The van der Waals surface area contributed by atoms with E-state index < -0.39 is 0 Å². The fourth-order valence-corrected chi connectivity index (χ4v) is 0. The van der Waals surface area contributed by atoms with Gasteiger partial charge in [-0.3, -0.25) is 0 Å². The molecule has 0 heterocycles. The molecule has 6 heavy (non-hydrogen) atoms. The van der Waals surface area contributed by atoms with Gasteiger partial charge < -0.3 is 6.92 Å². The third kappa shape index (κ3) is 9.01. The Kier molecular flexibility index (Phi) is 10.9. The van der Waals surface area contributed by atoms with Crippen molar-refractivity contribution in [1.82, 2.24) is 0 Å². The average molecular weight is 228 g/mol. The molecule has 0 saturated carbocycles. The molecule has 0 radical (unpaired) electrons. The second kappa shape index (κ2) is 6.32. The van der Waals surface area contributed by atoms with E-state index in [4.69, 9.17) is 0 Å². The standard InChI is InChI=1S/C5H11.Gd/c1-4-5(2)3;/h5H,1,4H2,2-3H3;/q-1;. The molecule has 0 unspecified atom stereocenters. The van der Waals surface area contributed by atoms with Crippen molar-refractivity contribution in [2.75, 3.05) is 0 Å². The minimum absolute atomic E-state index is 0. The van der Waals surface area contributed by atoms with Crippen molar-refractivity contribution in [3.05, 3.63) is 6.92 Å². The molecule has 0 saturated heterocycles. The first-order valence-corrected chi connectivity index (χ1v) is 2.06. The molecule has 0 amide bonds. The number of hydrogen-bond donors (Lipinski definition) is 0. The van der Waals surface area contributed by atoms with E-state index in [1.54, 1.807) is 0 Å². The Hall–Kier alpha value is 1.32. The summed E-state index contributed by atoms with van der Waals surface area (Å²) in [5.74, 6) is 0.773. The van der Waals surface area contributed by atoms with Gasteiger partial charge in [-0.15, -0.1) is 0 Å². The minimum Gasteiger partial charge on any atom is -0.343 e. The molecule has 40 valence electrons. The van der Waals surface area contributed by atoms with Crippen LogP contribution >= 0.6 is 0 Å². The van der Waals surface area contributed by atoms with Crippen molar-refractivity contribution < 1.29 is 39.9 Å². The Labute approximate surface area is 72.4 Å². The van der Waals surface area contributed by atoms with Gasteiger partial charge in [0.2, 0.25) is 0 Å². The van der Waals surface area contributed by atoms with Crippen LogP contribution in [-0.2, 0) is 0 Å². The third-order valence-electron chi connectivity index (χ3n) is 0.577. The van der Waals surface area contributed by atoms with Gasteiger partial charge in [-0.25, -0.2) is 0 Å². The monoisotopic (exact) mass is 229 g/mol. The zero-order valence-corrected chi connectivity index (χ0v) is 6.61. The summed E-state index contributed by atoms with van der Waals surface area (Å²) in [6.07, 6.45) is 1.06. The summed E-state index contributed by atoms with van der Waals surface area (Å²) in [7, 11) is 0. The van der Waals surface area contributed by atoms with Crippen LogP contribution in [-0.4, -0.2) is 0 Å². The van der Waals surface area contributed by atoms with Gasteiger partial charge in [0.25, 0.3) is 0 Å². The van der Waals surface area contributed by atoms with Gasteiger partial charge in [0.05, 0.1) is 0 Å². The topological polar surface area (TPSA) is 0 Å². The van der Waals surface area contributed by atoms with Crippen molar-refractivity contribution in [2.24, 2.45) is 5.92 Å². The van der Waals surface area contributed by atoms with Crippen LogP contribution in [0.4, 0.5) is 0 Å². The maximum atomic E-state index is 3.69. The Bertz CT molecular complexity index is 17.9. The van der Waals surface area contributed by atoms with Gasteiger partial charge >= 0.3 is 0 Å². The Balaban J connectivity index is 0. The minimum atomic E-state index is 0. The van der Waals surface area contributed by atoms with Crippen molar-refractivity contribution in [3.63, 3.8) is 0 Å². The van der Waals surface area contributed by atoms with E-state index in [-0.39, 0.29) is 39.9 Å². The maximum Gasteiger partial charge on any atom is 0 e. The third-order valence-corrected chi connectivity index (χ3v) is 0.577. The molecule has 0 rings (SSSR count). The zero-order chi connectivity index (χ0) is 4.28. The summed E-state index contributed by atoms with van der Waals surface area (Å²) in [5, 5.41) is 0. The molecule has 0 fully saturated rings. The van der Waals surface area contributed by atoms with Gasteiger partial charge in [0.15, 0.2) is 0 Å². The quantitative estimate of drug-likeness (QED) is 0.601. The first kappa shape index (κ1) is 10.3. The van der Waals surface area contributed by atoms with Gasteiger partial charge in [-0.05, 0) is 0 Å². The van der Waals surface area contributed by atoms with E-state index >= 15 is 0 Å². The fraction of sp³-hybridized carbons (Fsp3) is 0.800. The predicted molar refractivity (Wildman–Crippen MR) is 24.8 cm³/mol. The number of rotatable bonds is 1. The van der Waals surface area contributed by atoms with E-state index in [0.29, 0.717) is 0 Å². The first-order chi connectivity index (χ1) is 2.27. The molecule has 0 aromatic heterocycles. The maximum absolute atomic E-state index is 3.69. The van der Waals surface area contributed by atoms with Crippen LogP contribution < -0.4 is 0 Å². The van der Waals surface area contributed by atoms with Crippen molar-refractivity contribution in [3.8, 4) is 0 Å². The van der Waals surface area contributed by atoms with Gasteiger partial charge in [-0.1, -0.05) is 19.8 Å². The van der Waals surface area contributed by atoms with Crippen LogP contribution in [0.2, 0.25) is 0 Å². The van der Waals surface area contributed by atoms with E-state index in [1.807, 2.05) is 0 Å². The first-order valence-electron chi connectivity index (χ1n) is 2.06. The van der Waals surface area contributed by atoms with Crippen molar-refractivity contribution >= 4 is 0 Å². The van der Waals surface area contributed by atoms with Crippen molar-refractivity contribution in [2.45, 2.75) is 20.3 Å². The Morgan fingerprint density at radius 2 is 1.67 bits per heavy atom. The summed E-state index contributed by atoms with van der Waals surface area (Å²) in [6, 6.07) is 0. The molecular formula is C5H11Gd-. The van der Waals surface area contributed by atoms with Crippen LogP contribution in [0.1, 0.15) is 20.3 Å². The van der Waals surface area contributed by atoms with Crippen LogP contribution in [0.25, 0.3) is 0 Å². The molecule has 0 nitrogen and oxygen atoms in total. The molecule has 0 atom stereocenters. The molecule has 0 aliphatic heterocycles. The molecule has 0 aromatic rings. The van der Waals surface area contributed by atoms with E-state index in [2.05, 4.69) is 20.8 Å². The second-order valence-corrected chi connectivity index (χ2v) is 1.68. The van der Waals surface area contributed by atoms with Gasteiger partial charge in [0.1, 0.15) is 0 Å². The summed E-state index contributed by atoms with van der Waals surface area (Å²) < 4.78 is 0. The summed E-state index contributed by atoms with van der Waals surface area (Å²) in [5.41, 5.74) is 0. The molecule has 0 aromatic carbocycles. The van der Waals surface area contributed by atoms with Gasteiger partial charge in [-0.2, -0.15) is 6.42 Å². The second-order valence-electron chi connectivity index (χ2n) is 1.68. The smallest absolute Gasteiger partial charge is 0 e. The SMILES string of the molecule is [CH2-]CC(C)C.[Gd]. The Morgan fingerprint density at radius 3 is 1.67 bits per heavy atom. The summed E-state index contributed by atoms with van der Waals surface area (Å²) in [4.78, 5) is 0. The van der Waals surface area contributed by atoms with Crippen molar-refractivity contribution in [1.29, 1.82) is 0 Å². The van der Waals surface area contributed by atoms with Crippen LogP contribution in [0.5, 0.6) is 0 Å². The molecule has 0 aliphatic carbocycles. The number of hydrogen-bond acceptors (Lipinski definition) is 0. The van der Waals surface area contributed by atoms with Gasteiger partial charge in [0, 0.05) is 39.9 Å². The fourth-order valence-electron chi connectivity index (χ4n) is 0. The van der Waals surface area contributed by atoms with Crippen LogP contribution in [0.3, 0.4) is 0 Å². The summed E-state index contributed by atoms with van der Waals surface area (Å²) >= 11 is 0. The molecule has 0 bridgehead atoms. The van der Waals surface area contributed by atoms with E-state index in [0.717, 1.165) is 12.3 Å². The molecule has 0 N–H and O–H groups in total. The van der Waals surface area contributed by atoms with Crippen LogP contribution in [0.15, 0.2) is 0 Å². The van der Waals surface area contributed by atoms with Crippen LogP contribution in [0, 0.1) is 52.8 Å². The average Bonchev–Trinajstić information content (AvgIpc) is 1.38. The summed E-state index contributed by atoms with van der Waals surface area (Å²) in [6.45, 7) is 8.00. The Morgan fingerprint density at radius 1 is 1.50 bits per heavy atom. The van der Waals surface area contributed by atoms with E-state index in [1.165, 1.54) is 0 Å². The van der Waals surface area contributed by atoms with E-state index in [9.17, 15) is 0 Å². The molecule has 0 aliphatic rings. The molecule has 1 heteroatoms. The zero-order valence-electron chi connectivity index (χ0n) is 4.35.